The van der Waals surface area contributed by atoms with Crippen molar-refractivity contribution in [2.75, 3.05) is 13.2 Å². The number of hydrogen-bond donors (Lipinski definition) is 3. The van der Waals surface area contributed by atoms with E-state index in [1.54, 1.807) is 18.7 Å². The first-order valence-corrected chi connectivity index (χ1v) is 12.0. The Balaban J connectivity index is 0.000000861. The Bertz CT molecular complexity index is 569. The zero-order valence-electron chi connectivity index (χ0n) is 19.8. The van der Waals surface area contributed by atoms with Crippen LogP contribution in [0.15, 0.2) is 0 Å². The molecule has 8 nitrogen and oxygen atoms in total. The maximum atomic E-state index is 13.1. The lowest BCUT2D eigenvalue weighted by molar-refractivity contribution is -0.152. The number of ether oxygens (including phenoxy) is 1. The van der Waals surface area contributed by atoms with Crippen molar-refractivity contribution in [3.8, 4) is 0 Å². The summed E-state index contributed by atoms with van der Waals surface area (Å²) in [4.78, 5) is 38.5. The van der Waals surface area contributed by atoms with Crippen LogP contribution in [0.4, 0.5) is 0 Å². The van der Waals surface area contributed by atoms with Gasteiger partial charge in [0.15, 0.2) is 0 Å². The predicted octanol–water partition coefficient (Wildman–Crippen LogP) is 2.69. The molecule has 1 saturated carbocycles. The van der Waals surface area contributed by atoms with E-state index in [9.17, 15) is 19.5 Å². The van der Waals surface area contributed by atoms with Crippen molar-refractivity contribution in [3.63, 3.8) is 0 Å². The standard InChI is InChI=1S/C19H32N2O5.C4H11N/c1-4-8-14(19(25)26-5-2)20-12(3)17(22)21-15-10-7-6-9-13(15)11-16(21)18(23)24;1-2-3-4-5/h12-16,20H,4-11H2,1-3H3,(H,23,24);2-5H2,1H3/t12?,13?,14-,15?,16?;/m0./s1. The molecule has 1 aliphatic heterocycles. The van der Waals surface area contributed by atoms with Crippen molar-refractivity contribution in [1.29, 1.82) is 0 Å². The number of rotatable bonds is 10. The number of nitrogens with one attached hydrogen (secondary N) is 1. The number of nitrogens with zero attached hydrogens (tertiary/aromatic N) is 1. The van der Waals surface area contributed by atoms with Crippen LogP contribution in [0.2, 0.25) is 0 Å². The monoisotopic (exact) mass is 441 g/mol. The summed E-state index contributed by atoms with van der Waals surface area (Å²) in [5, 5.41) is 12.7. The van der Waals surface area contributed by atoms with Crippen molar-refractivity contribution in [2.45, 2.75) is 110 Å². The second-order valence-electron chi connectivity index (χ2n) is 8.57. The Labute approximate surface area is 187 Å². The molecule has 4 unspecified atom stereocenters. The van der Waals surface area contributed by atoms with Crippen LogP contribution in [-0.2, 0) is 19.1 Å². The highest BCUT2D eigenvalue weighted by Gasteiger charge is 2.48. The molecule has 31 heavy (non-hydrogen) atoms. The molecule has 4 N–H and O–H groups in total. The second kappa shape index (κ2) is 14.4. The van der Waals surface area contributed by atoms with Crippen molar-refractivity contribution < 1.29 is 24.2 Å². The number of amides is 1. The van der Waals surface area contributed by atoms with Crippen LogP contribution in [0, 0.1) is 5.92 Å². The van der Waals surface area contributed by atoms with Gasteiger partial charge in [0.1, 0.15) is 12.1 Å². The van der Waals surface area contributed by atoms with Gasteiger partial charge in [0.05, 0.1) is 12.6 Å². The number of unbranched alkanes of at least 4 members (excludes halogenated alkanes) is 1. The molecule has 180 valence electrons. The molecule has 1 aliphatic carbocycles. The first-order valence-electron chi connectivity index (χ1n) is 12.0. The van der Waals surface area contributed by atoms with E-state index in [1.807, 2.05) is 6.92 Å². The second-order valence-corrected chi connectivity index (χ2v) is 8.57. The van der Waals surface area contributed by atoms with Gasteiger partial charge >= 0.3 is 11.9 Å². The van der Waals surface area contributed by atoms with Crippen LogP contribution in [0.5, 0.6) is 0 Å². The molecule has 5 atom stereocenters. The van der Waals surface area contributed by atoms with Crippen molar-refractivity contribution in [3.05, 3.63) is 0 Å². The number of carboxylic acids is 1. The van der Waals surface area contributed by atoms with E-state index in [-0.39, 0.29) is 23.8 Å². The van der Waals surface area contributed by atoms with Gasteiger partial charge in [0.2, 0.25) is 5.91 Å². The van der Waals surface area contributed by atoms with Crippen LogP contribution >= 0.6 is 0 Å². The average molecular weight is 442 g/mol. The summed E-state index contributed by atoms with van der Waals surface area (Å²) in [5.74, 6) is -1.24. The molecule has 1 saturated heterocycles. The largest absolute Gasteiger partial charge is 0.480 e. The van der Waals surface area contributed by atoms with Gasteiger partial charge < -0.3 is 20.5 Å². The van der Waals surface area contributed by atoms with Crippen molar-refractivity contribution in [2.24, 2.45) is 11.7 Å². The Morgan fingerprint density at radius 1 is 1.16 bits per heavy atom. The van der Waals surface area contributed by atoms with E-state index < -0.39 is 24.1 Å². The number of aliphatic carboxylic acids is 1. The molecule has 2 fully saturated rings. The number of nitrogens with two attached hydrogens (primary N) is 1. The number of fused-ring (bicyclic) bond motifs is 1. The summed E-state index contributed by atoms with van der Waals surface area (Å²) in [7, 11) is 0. The fraction of sp³-hybridized carbons (Fsp3) is 0.870. The molecule has 0 aromatic carbocycles. The van der Waals surface area contributed by atoms with Gasteiger partial charge in [0, 0.05) is 6.04 Å². The predicted molar refractivity (Wildman–Crippen MR) is 121 cm³/mol. The lowest BCUT2D eigenvalue weighted by Gasteiger charge is -2.35. The maximum absolute atomic E-state index is 13.1. The first-order chi connectivity index (χ1) is 14.8. The third kappa shape index (κ3) is 8.07. The van der Waals surface area contributed by atoms with E-state index in [2.05, 4.69) is 12.2 Å². The van der Waals surface area contributed by atoms with Crippen LogP contribution in [0.25, 0.3) is 0 Å². The lowest BCUT2D eigenvalue weighted by Crippen LogP contribution is -2.55. The van der Waals surface area contributed by atoms with E-state index in [4.69, 9.17) is 10.5 Å². The van der Waals surface area contributed by atoms with E-state index >= 15 is 0 Å². The number of likely N-dealkylation sites (tertiary alicyclic amines) is 1. The summed E-state index contributed by atoms with van der Waals surface area (Å²) in [6, 6.07) is -1.92. The normalized spacial score (nSPS) is 24.4. The van der Waals surface area contributed by atoms with Gasteiger partial charge in [-0.15, -0.1) is 0 Å². The Morgan fingerprint density at radius 2 is 1.84 bits per heavy atom. The minimum Gasteiger partial charge on any atom is -0.480 e. The average Bonchev–Trinajstić information content (AvgIpc) is 3.14. The summed E-state index contributed by atoms with van der Waals surface area (Å²) in [6.45, 7) is 8.69. The lowest BCUT2D eigenvalue weighted by atomic mass is 9.84. The Morgan fingerprint density at radius 3 is 2.35 bits per heavy atom. The van der Waals surface area contributed by atoms with E-state index in [0.717, 1.165) is 38.6 Å². The molecule has 2 aliphatic rings. The number of carbonyl (C=O) groups is 3. The third-order valence-corrected chi connectivity index (χ3v) is 6.16. The molecule has 0 spiro atoms. The van der Waals surface area contributed by atoms with E-state index in [1.165, 1.54) is 12.8 Å². The molecule has 0 aromatic rings. The van der Waals surface area contributed by atoms with Gasteiger partial charge in [-0.3, -0.25) is 14.9 Å². The smallest absolute Gasteiger partial charge is 0.326 e. The van der Waals surface area contributed by atoms with Crippen LogP contribution in [-0.4, -0.2) is 65.2 Å². The maximum Gasteiger partial charge on any atom is 0.326 e. The summed E-state index contributed by atoms with van der Waals surface area (Å²) in [6.07, 6.45) is 8.26. The highest BCUT2D eigenvalue weighted by molar-refractivity contribution is 5.88. The molecule has 0 radical (unpaired) electrons. The zero-order chi connectivity index (χ0) is 23.4. The van der Waals surface area contributed by atoms with E-state index in [0.29, 0.717) is 19.4 Å². The third-order valence-electron chi connectivity index (χ3n) is 6.16. The molecular formula is C23H43N3O5. The van der Waals surface area contributed by atoms with Crippen LogP contribution < -0.4 is 11.1 Å². The fourth-order valence-corrected chi connectivity index (χ4v) is 4.60. The molecular weight excluding hydrogens is 398 g/mol. The van der Waals surface area contributed by atoms with Crippen molar-refractivity contribution >= 4 is 17.8 Å². The Kier molecular flexibility index (Phi) is 12.7. The zero-order valence-corrected chi connectivity index (χ0v) is 19.8. The summed E-state index contributed by atoms with van der Waals surface area (Å²) < 4.78 is 5.09. The molecule has 1 heterocycles. The van der Waals surface area contributed by atoms with Crippen molar-refractivity contribution in [1.82, 2.24) is 10.2 Å². The van der Waals surface area contributed by atoms with Gasteiger partial charge in [-0.1, -0.05) is 39.5 Å². The Hall–Kier alpha value is -1.67. The van der Waals surface area contributed by atoms with Gasteiger partial charge in [-0.05, 0) is 58.4 Å². The topological polar surface area (TPSA) is 122 Å². The number of esters is 1. The molecule has 1 amide bonds. The highest BCUT2D eigenvalue weighted by Crippen LogP contribution is 2.40. The number of carboxylic acid groups (broad SMARTS) is 1. The molecule has 0 bridgehead atoms. The quantitative estimate of drug-likeness (QED) is 0.446. The number of carbonyl (C=O) groups excluding carboxylic acids is 2. The molecule has 8 heteroatoms. The SMILES string of the molecule is CCCCN.CCC[C@H](NC(C)C(=O)N1C(C(=O)O)CC2CCCCC21)C(=O)OCC. The minimum absolute atomic E-state index is 0.00817. The van der Waals surface area contributed by atoms with Crippen LogP contribution in [0.3, 0.4) is 0 Å². The minimum atomic E-state index is -0.935. The van der Waals surface area contributed by atoms with Gasteiger partial charge in [0.25, 0.3) is 0 Å². The fourth-order valence-electron chi connectivity index (χ4n) is 4.60. The summed E-state index contributed by atoms with van der Waals surface area (Å²) in [5.41, 5.74) is 5.14. The number of hydrogen-bond acceptors (Lipinski definition) is 6. The highest BCUT2D eigenvalue weighted by atomic mass is 16.5. The van der Waals surface area contributed by atoms with Gasteiger partial charge in [-0.2, -0.15) is 0 Å². The molecule has 2 rings (SSSR count). The molecule has 0 aromatic heterocycles. The first kappa shape index (κ1) is 27.4. The summed E-state index contributed by atoms with van der Waals surface area (Å²) >= 11 is 0. The van der Waals surface area contributed by atoms with Crippen LogP contribution in [0.1, 0.15) is 85.5 Å². The van der Waals surface area contributed by atoms with Gasteiger partial charge in [-0.25, -0.2) is 4.79 Å².